The topological polar surface area (TPSA) is 106 Å². The van der Waals surface area contributed by atoms with Gasteiger partial charge in [0.2, 0.25) is 0 Å². The molecule has 1 aliphatic heterocycles. The first-order valence-electron chi connectivity index (χ1n) is 5.55. The molecular weight excluding hydrogens is 335 g/mol. The van der Waals surface area contributed by atoms with Gasteiger partial charge in [-0.1, -0.05) is 23.2 Å². The number of halogens is 2. The van der Waals surface area contributed by atoms with Crippen molar-refractivity contribution in [1.29, 1.82) is 0 Å². The molecule has 2 heterocycles. The summed E-state index contributed by atoms with van der Waals surface area (Å²) < 4.78 is 8.15. The zero-order valence-corrected chi connectivity index (χ0v) is 12.5. The van der Waals surface area contributed by atoms with Crippen molar-refractivity contribution in [2.75, 3.05) is 11.1 Å². The number of hydrogen-bond acceptors (Lipinski definition) is 6. The molecule has 106 valence electrons. The zero-order valence-electron chi connectivity index (χ0n) is 10.2. The van der Waals surface area contributed by atoms with Crippen molar-refractivity contribution in [3.05, 3.63) is 34.2 Å². The van der Waals surface area contributed by atoms with Gasteiger partial charge in [-0.25, -0.2) is 9.97 Å². The lowest BCUT2D eigenvalue weighted by molar-refractivity contribution is 0.102. The maximum absolute atomic E-state index is 12.1. The summed E-state index contributed by atoms with van der Waals surface area (Å²) in [6.07, 6.45) is 2.56. The minimum absolute atomic E-state index is 0.103. The number of benzene rings is 1. The Balaban J connectivity index is 1.96. The predicted molar refractivity (Wildman–Crippen MR) is 82.4 cm³/mol. The second-order valence-corrected chi connectivity index (χ2v) is 5.30. The van der Waals surface area contributed by atoms with Crippen molar-refractivity contribution in [3.63, 3.8) is 0 Å². The zero-order chi connectivity index (χ0) is 15.0. The average molecular weight is 341 g/mol. The van der Waals surface area contributed by atoms with Crippen LogP contribution in [0.1, 0.15) is 10.5 Å². The molecule has 21 heavy (non-hydrogen) atoms. The second-order valence-electron chi connectivity index (χ2n) is 3.96. The summed E-state index contributed by atoms with van der Waals surface area (Å²) in [6, 6.07) is 1.50. The molecular formula is C11H6Cl2N6OS. The van der Waals surface area contributed by atoms with Crippen LogP contribution in [0.4, 0.5) is 22.9 Å². The summed E-state index contributed by atoms with van der Waals surface area (Å²) in [4.78, 5) is 19.8. The van der Waals surface area contributed by atoms with Gasteiger partial charge in [0.25, 0.3) is 5.91 Å². The average Bonchev–Trinajstić information content (AvgIpc) is 2.93. The van der Waals surface area contributed by atoms with E-state index in [0.29, 0.717) is 22.1 Å². The first-order valence-corrected chi connectivity index (χ1v) is 7.04. The Labute approximate surface area is 132 Å². The number of nitrogens with two attached hydrogens (primary N) is 1. The van der Waals surface area contributed by atoms with Gasteiger partial charge in [-0.05, 0) is 6.07 Å². The largest absolute Gasteiger partial charge is 0.382 e. The molecule has 0 fully saturated rings. The molecule has 1 aromatic heterocycles. The Bertz CT molecular complexity index is 816. The Hall–Kier alpha value is -2.03. The fourth-order valence-corrected chi connectivity index (χ4v) is 2.79. The quantitative estimate of drug-likeness (QED) is 0.745. The number of rotatable bonds is 2. The Morgan fingerprint density at radius 2 is 1.90 bits per heavy atom. The maximum Gasteiger partial charge on any atom is 0.275 e. The van der Waals surface area contributed by atoms with E-state index in [0.717, 1.165) is 11.4 Å². The van der Waals surface area contributed by atoms with Gasteiger partial charge >= 0.3 is 0 Å². The van der Waals surface area contributed by atoms with Gasteiger partial charge in [0.15, 0.2) is 0 Å². The summed E-state index contributed by atoms with van der Waals surface area (Å²) in [6.45, 7) is 0. The van der Waals surface area contributed by atoms with Crippen LogP contribution in [-0.2, 0) is 11.4 Å². The standard InChI is InChI=1S/C11H6Cl2N6OS/c12-4-1-5(13)9-10(19-21-18-9)8(4)17-11(20)6-2-16-7(14)3-15-6/h1-3H,(H2,14,16)(H,17,20). The molecule has 1 aliphatic rings. The van der Waals surface area contributed by atoms with E-state index in [1.54, 1.807) is 0 Å². The Kier molecular flexibility index (Phi) is 3.58. The molecule has 0 spiro atoms. The van der Waals surface area contributed by atoms with Gasteiger partial charge in [0.05, 0.1) is 39.5 Å². The van der Waals surface area contributed by atoms with E-state index in [-0.39, 0.29) is 16.5 Å². The minimum Gasteiger partial charge on any atom is -0.382 e. The van der Waals surface area contributed by atoms with Crippen LogP contribution in [0.3, 0.4) is 0 Å². The van der Waals surface area contributed by atoms with Gasteiger partial charge in [-0.15, -0.1) is 0 Å². The molecule has 0 aliphatic carbocycles. The molecule has 1 aromatic carbocycles. The van der Waals surface area contributed by atoms with E-state index in [1.807, 2.05) is 0 Å². The third-order valence-electron chi connectivity index (χ3n) is 2.59. The number of amides is 1. The van der Waals surface area contributed by atoms with Gasteiger partial charge in [-0.3, -0.25) is 4.79 Å². The van der Waals surface area contributed by atoms with Gasteiger partial charge < -0.3 is 11.1 Å². The van der Waals surface area contributed by atoms with Crippen LogP contribution < -0.4 is 11.1 Å². The fourth-order valence-electron chi connectivity index (χ4n) is 1.63. The van der Waals surface area contributed by atoms with E-state index in [2.05, 4.69) is 24.0 Å². The van der Waals surface area contributed by atoms with Crippen LogP contribution in [0, 0.1) is 0 Å². The summed E-state index contributed by atoms with van der Waals surface area (Å²) in [5, 5.41) is 3.26. The molecule has 0 unspecified atom stereocenters. The Morgan fingerprint density at radius 3 is 2.62 bits per heavy atom. The van der Waals surface area contributed by atoms with Crippen LogP contribution in [-0.4, -0.2) is 15.9 Å². The molecule has 7 nitrogen and oxygen atoms in total. The highest BCUT2D eigenvalue weighted by atomic mass is 35.5. The van der Waals surface area contributed by atoms with Crippen LogP contribution in [0.15, 0.2) is 27.2 Å². The van der Waals surface area contributed by atoms with Crippen LogP contribution in [0.25, 0.3) is 0 Å². The van der Waals surface area contributed by atoms with Crippen LogP contribution in [0.5, 0.6) is 0 Å². The number of carbonyl (C=O) groups excluding carboxylic acids is 1. The van der Waals surface area contributed by atoms with E-state index in [4.69, 9.17) is 28.9 Å². The second kappa shape index (κ2) is 5.40. The highest BCUT2D eigenvalue weighted by Crippen LogP contribution is 2.47. The fraction of sp³-hybridized carbons (Fsp3) is 0. The van der Waals surface area contributed by atoms with Crippen molar-refractivity contribution in [3.8, 4) is 0 Å². The molecule has 2 aromatic rings. The first kappa shape index (κ1) is 13.9. The molecule has 0 bridgehead atoms. The minimum atomic E-state index is -0.485. The molecule has 0 atom stereocenters. The van der Waals surface area contributed by atoms with Gasteiger partial charge in [-0.2, -0.15) is 8.73 Å². The Morgan fingerprint density at radius 1 is 1.14 bits per heavy atom. The number of nitrogens with zero attached hydrogens (tertiary/aromatic N) is 4. The van der Waals surface area contributed by atoms with Crippen LogP contribution >= 0.6 is 23.2 Å². The van der Waals surface area contributed by atoms with E-state index in [9.17, 15) is 4.79 Å². The predicted octanol–water partition coefficient (Wildman–Crippen LogP) is 3.34. The van der Waals surface area contributed by atoms with Crippen molar-refractivity contribution in [1.82, 2.24) is 9.97 Å². The number of hydrogen-bond donors (Lipinski definition) is 2. The lowest BCUT2D eigenvalue weighted by Crippen LogP contribution is -2.14. The van der Waals surface area contributed by atoms with Crippen molar-refractivity contribution < 1.29 is 4.79 Å². The lowest BCUT2D eigenvalue weighted by atomic mass is 10.2. The maximum atomic E-state index is 12.1. The number of fused-ring (bicyclic) bond motifs is 1. The van der Waals surface area contributed by atoms with Crippen molar-refractivity contribution >= 4 is 63.3 Å². The molecule has 3 rings (SSSR count). The summed E-state index contributed by atoms with van der Waals surface area (Å²) in [5.41, 5.74) is 6.76. The molecule has 3 N–H and O–H groups in total. The van der Waals surface area contributed by atoms with Crippen molar-refractivity contribution in [2.45, 2.75) is 0 Å². The summed E-state index contributed by atoms with van der Waals surface area (Å²) >= 11 is 13.1. The number of nitrogens with one attached hydrogen (secondary N) is 1. The van der Waals surface area contributed by atoms with Crippen LogP contribution in [0.2, 0.25) is 10.0 Å². The normalized spacial score (nSPS) is 11.9. The highest BCUT2D eigenvalue weighted by Gasteiger charge is 2.21. The monoisotopic (exact) mass is 340 g/mol. The highest BCUT2D eigenvalue weighted by molar-refractivity contribution is 7.58. The third-order valence-corrected chi connectivity index (χ3v) is 3.70. The number of nitrogen functional groups attached to an aromatic ring is 1. The molecule has 0 saturated carbocycles. The SMILES string of the molecule is Nc1cnc(C(=O)Nc2c(Cl)cc(Cl)c3c2N=S=N3)cn1. The molecule has 0 radical (unpaired) electrons. The number of carbonyl (C=O) groups is 1. The first-order chi connectivity index (χ1) is 10.1. The lowest BCUT2D eigenvalue weighted by Gasteiger charge is -2.10. The van der Waals surface area contributed by atoms with E-state index < -0.39 is 5.91 Å². The van der Waals surface area contributed by atoms with Gasteiger partial charge in [0, 0.05) is 0 Å². The summed E-state index contributed by atoms with van der Waals surface area (Å²) in [7, 11) is 0. The number of anilines is 2. The molecule has 0 saturated heterocycles. The van der Waals surface area contributed by atoms with Crippen molar-refractivity contribution in [2.24, 2.45) is 8.73 Å². The molecule has 10 heteroatoms. The van der Waals surface area contributed by atoms with Gasteiger partial charge in [0.1, 0.15) is 22.9 Å². The third kappa shape index (κ3) is 2.60. The summed E-state index contributed by atoms with van der Waals surface area (Å²) in [5.74, 6) is -0.261. The molecule has 1 amide bonds. The smallest absolute Gasteiger partial charge is 0.275 e. The van der Waals surface area contributed by atoms with E-state index in [1.165, 1.54) is 18.5 Å². The van der Waals surface area contributed by atoms with E-state index >= 15 is 0 Å². The number of aromatic nitrogens is 2.